The molecule has 0 radical (unpaired) electrons. The average Bonchev–Trinajstić information content (AvgIpc) is 3.60. The molecule has 0 bridgehead atoms. The quantitative estimate of drug-likeness (QED) is 0.480. The molecule has 1 saturated carbocycles. The lowest BCUT2D eigenvalue weighted by molar-refractivity contribution is -0.143. The highest BCUT2D eigenvalue weighted by atomic mass is 16.5. The second kappa shape index (κ2) is 11.0. The Kier molecular flexibility index (Phi) is 7.55. The molecular formula is C28H37N3O3. The third-order valence-electron chi connectivity index (χ3n) is 7.64. The van der Waals surface area contributed by atoms with Crippen LogP contribution in [0.1, 0.15) is 91.4 Å². The summed E-state index contributed by atoms with van der Waals surface area (Å²) in [6, 6.07) is 5.88. The summed E-state index contributed by atoms with van der Waals surface area (Å²) in [4.78, 5) is 23.4. The molecule has 34 heavy (non-hydrogen) atoms. The molecule has 3 aliphatic rings. The number of nitrogens with zero attached hydrogens (tertiary/aromatic N) is 3. The van der Waals surface area contributed by atoms with Gasteiger partial charge < -0.3 is 9.84 Å². The lowest BCUT2D eigenvalue weighted by atomic mass is 9.95. The van der Waals surface area contributed by atoms with E-state index in [1.807, 2.05) is 6.07 Å². The van der Waals surface area contributed by atoms with Crippen molar-refractivity contribution >= 4 is 5.97 Å². The van der Waals surface area contributed by atoms with Crippen LogP contribution in [0.2, 0.25) is 0 Å². The predicted octanol–water partition coefficient (Wildman–Crippen LogP) is 4.86. The van der Waals surface area contributed by atoms with Gasteiger partial charge >= 0.3 is 5.97 Å². The first-order valence-corrected chi connectivity index (χ1v) is 13.2. The van der Waals surface area contributed by atoms with Crippen LogP contribution in [0.5, 0.6) is 0 Å². The Hall–Kier alpha value is -2.31. The van der Waals surface area contributed by atoms with Crippen LogP contribution >= 0.6 is 0 Å². The Morgan fingerprint density at radius 2 is 2.00 bits per heavy atom. The number of aryl methyl sites for hydroxylation is 3. The first kappa shape index (κ1) is 23.4. The molecule has 6 heteroatoms. The molecule has 2 atom stereocenters. The van der Waals surface area contributed by atoms with E-state index in [4.69, 9.17) is 9.72 Å². The van der Waals surface area contributed by atoms with Crippen LogP contribution in [0.4, 0.5) is 0 Å². The molecule has 2 aliphatic carbocycles. The summed E-state index contributed by atoms with van der Waals surface area (Å²) in [5.74, 6) is -0.280. The molecule has 1 saturated heterocycles. The second-order valence-corrected chi connectivity index (χ2v) is 10.2. The van der Waals surface area contributed by atoms with Crippen LogP contribution in [0.25, 0.3) is 0 Å². The lowest BCUT2D eigenvalue weighted by Gasteiger charge is -2.26. The first-order valence-electron chi connectivity index (χ1n) is 13.2. The van der Waals surface area contributed by atoms with Gasteiger partial charge in [0.05, 0.1) is 6.10 Å². The van der Waals surface area contributed by atoms with E-state index in [2.05, 4.69) is 22.0 Å². The van der Waals surface area contributed by atoms with Crippen molar-refractivity contribution in [3.05, 3.63) is 58.7 Å². The second-order valence-electron chi connectivity index (χ2n) is 10.2. The Balaban J connectivity index is 1.05. The van der Waals surface area contributed by atoms with Crippen molar-refractivity contribution in [3.63, 3.8) is 0 Å². The highest BCUT2D eigenvalue weighted by molar-refractivity contribution is 5.76. The van der Waals surface area contributed by atoms with Crippen LogP contribution in [-0.4, -0.2) is 51.7 Å². The number of ether oxygens (including phenoxy) is 1. The van der Waals surface area contributed by atoms with Gasteiger partial charge in [-0.25, -0.2) is 0 Å². The van der Waals surface area contributed by atoms with Crippen molar-refractivity contribution in [3.8, 4) is 0 Å². The van der Waals surface area contributed by atoms with Crippen molar-refractivity contribution < 1.29 is 14.6 Å². The molecule has 1 aliphatic heterocycles. The molecule has 6 nitrogen and oxygen atoms in total. The van der Waals surface area contributed by atoms with Crippen molar-refractivity contribution in [1.82, 2.24) is 14.9 Å². The largest absolute Gasteiger partial charge is 0.480 e. The molecule has 3 heterocycles. The third kappa shape index (κ3) is 5.66. The van der Waals surface area contributed by atoms with Gasteiger partial charge in [-0.1, -0.05) is 12.5 Å². The molecule has 0 spiro atoms. The normalized spacial score (nSPS) is 21.4. The topological polar surface area (TPSA) is 75.5 Å². The van der Waals surface area contributed by atoms with E-state index in [1.54, 1.807) is 12.4 Å². The number of aromatic nitrogens is 2. The van der Waals surface area contributed by atoms with Crippen LogP contribution < -0.4 is 0 Å². The van der Waals surface area contributed by atoms with Gasteiger partial charge in [0.1, 0.15) is 6.04 Å². The summed E-state index contributed by atoms with van der Waals surface area (Å²) in [7, 11) is 0. The molecule has 2 fully saturated rings. The molecule has 0 amide bonds. The number of carboxylic acid groups (broad SMARTS) is 1. The minimum atomic E-state index is -0.786. The van der Waals surface area contributed by atoms with Gasteiger partial charge in [0.25, 0.3) is 0 Å². The number of pyridine rings is 2. The van der Waals surface area contributed by atoms with Gasteiger partial charge in [-0.3, -0.25) is 19.7 Å². The number of fused-ring (bicyclic) bond motifs is 1. The van der Waals surface area contributed by atoms with Gasteiger partial charge in [-0.05, 0) is 93.4 Å². The standard InChI is InChI=1S/C28H37N3O3/c32-28(33)27(25-18-29-15-13-24(25)20-9-10-20)31-16-14-23(19-31)34-17-5-1-2-7-22-12-11-21-6-3-4-8-26(21)30-22/h11-13,15,18,20,23,27H,1-10,14,16-17,19H2,(H,32,33)/t23-,27?/m1/s1. The van der Waals surface area contributed by atoms with Gasteiger partial charge in [0.2, 0.25) is 0 Å². The fourth-order valence-electron chi connectivity index (χ4n) is 5.62. The summed E-state index contributed by atoms with van der Waals surface area (Å²) < 4.78 is 6.15. The summed E-state index contributed by atoms with van der Waals surface area (Å²) in [5.41, 5.74) is 6.04. The number of rotatable bonds is 11. The Labute approximate surface area is 202 Å². The van der Waals surface area contributed by atoms with E-state index in [0.29, 0.717) is 12.5 Å². The first-order chi connectivity index (χ1) is 16.7. The van der Waals surface area contributed by atoms with E-state index in [1.165, 1.54) is 41.8 Å². The van der Waals surface area contributed by atoms with E-state index in [9.17, 15) is 9.90 Å². The van der Waals surface area contributed by atoms with E-state index in [0.717, 1.165) is 70.1 Å². The molecule has 1 N–H and O–H groups in total. The van der Waals surface area contributed by atoms with E-state index >= 15 is 0 Å². The summed E-state index contributed by atoms with van der Waals surface area (Å²) >= 11 is 0. The average molecular weight is 464 g/mol. The van der Waals surface area contributed by atoms with Gasteiger partial charge in [0, 0.05) is 49.0 Å². The van der Waals surface area contributed by atoms with E-state index in [-0.39, 0.29) is 6.10 Å². The zero-order valence-corrected chi connectivity index (χ0v) is 20.1. The summed E-state index contributed by atoms with van der Waals surface area (Å²) in [6.45, 7) is 2.17. The van der Waals surface area contributed by atoms with Gasteiger partial charge in [-0.2, -0.15) is 0 Å². The minimum Gasteiger partial charge on any atom is -0.480 e. The van der Waals surface area contributed by atoms with Crippen LogP contribution in [0.3, 0.4) is 0 Å². The number of unbranched alkanes of at least 4 members (excludes halogenated alkanes) is 2. The zero-order valence-electron chi connectivity index (χ0n) is 20.1. The summed E-state index contributed by atoms with van der Waals surface area (Å²) in [6.07, 6.45) is 16.1. The fourth-order valence-corrected chi connectivity index (χ4v) is 5.62. The maximum absolute atomic E-state index is 12.2. The molecular weight excluding hydrogens is 426 g/mol. The highest BCUT2D eigenvalue weighted by Crippen LogP contribution is 2.44. The fraction of sp³-hybridized carbons (Fsp3) is 0.607. The van der Waals surface area contributed by atoms with Crippen molar-refractivity contribution in [2.24, 2.45) is 0 Å². The molecule has 182 valence electrons. The number of aliphatic carboxylic acids is 1. The van der Waals surface area contributed by atoms with Crippen LogP contribution in [0, 0.1) is 0 Å². The Morgan fingerprint density at radius 3 is 2.85 bits per heavy atom. The highest BCUT2D eigenvalue weighted by Gasteiger charge is 2.37. The monoisotopic (exact) mass is 463 g/mol. The summed E-state index contributed by atoms with van der Waals surface area (Å²) in [5, 5.41) is 10.0. The van der Waals surface area contributed by atoms with Crippen molar-refractivity contribution in [2.45, 2.75) is 88.7 Å². The predicted molar refractivity (Wildman–Crippen MR) is 131 cm³/mol. The number of likely N-dealkylation sites (tertiary alicyclic amines) is 1. The van der Waals surface area contributed by atoms with Crippen molar-refractivity contribution in [2.75, 3.05) is 19.7 Å². The molecule has 1 unspecified atom stereocenters. The number of hydrogen-bond donors (Lipinski definition) is 1. The molecule has 2 aromatic rings. The molecule has 5 rings (SSSR count). The zero-order chi connectivity index (χ0) is 23.3. The maximum atomic E-state index is 12.2. The van der Waals surface area contributed by atoms with E-state index < -0.39 is 12.0 Å². The Morgan fingerprint density at radius 1 is 1.12 bits per heavy atom. The number of carboxylic acids is 1. The third-order valence-corrected chi connectivity index (χ3v) is 7.64. The lowest BCUT2D eigenvalue weighted by Crippen LogP contribution is -2.34. The minimum absolute atomic E-state index is 0.116. The molecule has 0 aromatic carbocycles. The van der Waals surface area contributed by atoms with Gasteiger partial charge in [0.15, 0.2) is 0 Å². The Bertz CT molecular complexity index is 991. The maximum Gasteiger partial charge on any atom is 0.325 e. The number of carbonyl (C=O) groups is 1. The smallest absolute Gasteiger partial charge is 0.325 e. The number of hydrogen-bond acceptors (Lipinski definition) is 5. The van der Waals surface area contributed by atoms with Crippen molar-refractivity contribution in [1.29, 1.82) is 0 Å². The SMILES string of the molecule is O=C(O)C(c1cnccc1C1CC1)N1CC[C@@H](OCCCCCc2ccc3c(n2)CCCC3)C1. The molecule has 2 aromatic heterocycles. The van der Waals surface area contributed by atoms with Gasteiger partial charge in [-0.15, -0.1) is 0 Å². The van der Waals surface area contributed by atoms with Crippen LogP contribution in [0.15, 0.2) is 30.6 Å². The van der Waals surface area contributed by atoms with Crippen LogP contribution in [-0.2, 0) is 28.8 Å².